The molecule has 3 aliphatic rings. The molecule has 6 nitrogen and oxygen atoms in total. The van der Waals surface area contributed by atoms with Crippen LogP contribution >= 0.6 is 0 Å². The minimum atomic E-state index is -0.733. The van der Waals surface area contributed by atoms with E-state index in [1.54, 1.807) is 37.3 Å². The second kappa shape index (κ2) is 8.18. The third kappa shape index (κ3) is 3.23. The van der Waals surface area contributed by atoms with Gasteiger partial charge in [-0.1, -0.05) is 36.7 Å². The van der Waals surface area contributed by atoms with Gasteiger partial charge in [0.2, 0.25) is 0 Å². The summed E-state index contributed by atoms with van der Waals surface area (Å²) in [5, 5.41) is 25.1. The number of phenolic OH excluding ortho intramolecular Hbond substituents is 1. The van der Waals surface area contributed by atoms with Gasteiger partial charge in [-0.05, 0) is 48.4 Å². The lowest BCUT2D eigenvalue weighted by molar-refractivity contribution is 0.0936. The largest absolute Gasteiger partial charge is 0.507 e. The molecule has 0 fully saturated rings. The van der Waals surface area contributed by atoms with Gasteiger partial charge in [0, 0.05) is 35.4 Å². The number of nitrogens with one attached hydrogen (secondary N) is 1. The van der Waals surface area contributed by atoms with Crippen LogP contribution in [0.15, 0.2) is 36.4 Å². The van der Waals surface area contributed by atoms with E-state index in [0.717, 1.165) is 5.56 Å². The highest BCUT2D eigenvalue weighted by molar-refractivity contribution is 6.31. The van der Waals surface area contributed by atoms with Gasteiger partial charge in [-0.25, -0.2) is 0 Å². The number of carbonyl (C=O) groups excluding carboxylic acids is 2. The highest BCUT2D eigenvalue weighted by Gasteiger charge is 2.45. The van der Waals surface area contributed by atoms with Crippen LogP contribution in [0.5, 0.6) is 5.75 Å². The van der Waals surface area contributed by atoms with Crippen molar-refractivity contribution in [3.8, 4) is 29.4 Å². The Kier molecular flexibility index (Phi) is 5.29. The van der Waals surface area contributed by atoms with Crippen molar-refractivity contribution in [2.24, 2.45) is 17.6 Å². The van der Waals surface area contributed by atoms with Crippen LogP contribution in [-0.4, -0.2) is 33.9 Å². The molecule has 0 saturated heterocycles. The highest BCUT2D eigenvalue weighted by atomic mass is 16.3. The zero-order valence-corrected chi connectivity index (χ0v) is 18.8. The first-order valence-corrected chi connectivity index (χ1v) is 11.3. The first-order valence-electron chi connectivity index (χ1n) is 11.3. The second-order valence-corrected chi connectivity index (χ2v) is 9.02. The van der Waals surface area contributed by atoms with E-state index in [4.69, 9.17) is 5.73 Å². The number of aliphatic hydroxyl groups is 1. The molecule has 34 heavy (non-hydrogen) atoms. The smallest absolute Gasteiger partial charge is 0.198 e. The zero-order chi connectivity index (χ0) is 24.1. The van der Waals surface area contributed by atoms with Crippen molar-refractivity contribution in [2.75, 3.05) is 5.32 Å². The molecule has 2 aliphatic carbocycles. The lowest BCUT2D eigenvalue weighted by Gasteiger charge is -2.43. The van der Waals surface area contributed by atoms with Crippen molar-refractivity contribution in [3.05, 3.63) is 69.8 Å². The lowest BCUT2D eigenvalue weighted by atomic mass is 9.67. The highest BCUT2D eigenvalue weighted by Crippen LogP contribution is 2.50. The minimum absolute atomic E-state index is 0.0235. The summed E-state index contributed by atoms with van der Waals surface area (Å²) < 4.78 is 0. The fourth-order valence-electron chi connectivity index (χ4n) is 5.41. The molecule has 2 bridgehead atoms. The number of aromatic hydroxyl groups is 1. The van der Waals surface area contributed by atoms with Gasteiger partial charge in [-0.15, -0.1) is 0 Å². The number of anilines is 1. The van der Waals surface area contributed by atoms with Crippen LogP contribution in [0.2, 0.25) is 0 Å². The van der Waals surface area contributed by atoms with Crippen LogP contribution in [0.3, 0.4) is 0 Å². The molecule has 1 aliphatic heterocycles. The monoisotopic (exact) mass is 452 g/mol. The predicted molar refractivity (Wildman–Crippen MR) is 128 cm³/mol. The Bertz CT molecular complexity index is 1400. The van der Waals surface area contributed by atoms with Gasteiger partial charge in [0.25, 0.3) is 0 Å². The average Bonchev–Trinajstić information content (AvgIpc) is 2.82. The second-order valence-electron chi connectivity index (χ2n) is 9.02. The van der Waals surface area contributed by atoms with Crippen molar-refractivity contribution >= 4 is 17.3 Å². The fraction of sp³-hybridized carbons (Fsp3) is 0.286. The molecule has 1 heterocycles. The SMILES string of the molecule is C[C@@H]1C#C/C=C\C#C[C@@H]2Nc3c(cc(O)c4c3C(=O)c3ccc(CN)cc3C4=O)C1C2[C@@H](C)O. The van der Waals surface area contributed by atoms with Crippen LogP contribution in [0.4, 0.5) is 5.69 Å². The number of allylic oxidation sites excluding steroid dienone is 2. The van der Waals surface area contributed by atoms with Crippen molar-refractivity contribution in [1.29, 1.82) is 0 Å². The maximum Gasteiger partial charge on any atom is 0.198 e. The number of ketones is 2. The maximum atomic E-state index is 13.7. The molecule has 6 heteroatoms. The van der Waals surface area contributed by atoms with E-state index in [2.05, 4.69) is 29.0 Å². The van der Waals surface area contributed by atoms with Gasteiger partial charge in [0.1, 0.15) is 5.75 Å². The number of rotatable bonds is 2. The quantitative estimate of drug-likeness (QED) is 0.351. The van der Waals surface area contributed by atoms with Crippen LogP contribution in [-0.2, 0) is 6.54 Å². The number of hydrogen-bond donors (Lipinski definition) is 4. The Hall–Kier alpha value is -3.84. The maximum absolute atomic E-state index is 13.7. The molecule has 2 aromatic rings. The number of fused-ring (bicyclic) bond motifs is 7. The first kappa shape index (κ1) is 22.0. The summed E-state index contributed by atoms with van der Waals surface area (Å²) in [5.74, 6) is 10.4. The first-order chi connectivity index (χ1) is 16.3. The van der Waals surface area contributed by atoms with Crippen molar-refractivity contribution < 1.29 is 19.8 Å². The normalized spacial score (nSPS) is 25.8. The number of aliphatic hydroxyl groups excluding tert-OH is 1. The molecule has 5 N–H and O–H groups in total. The molecule has 2 unspecified atom stereocenters. The van der Waals surface area contributed by atoms with Crippen LogP contribution in [0.25, 0.3) is 0 Å². The Labute approximate surface area is 197 Å². The van der Waals surface area contributed by atoms with Crippen molar-refractivity contribution in [1.82, 2.24) is 0 Å². The Morgan fingerprint density at radius 1 is 1.06 bits per heavy atom. The van der Waals surface area contributed by atoms with E-state index in [-0.39, 0.29) is 58.1 Å². The van der Waals surface area contributed by atoms with E-state index in [0.29, 0.717) is 11.3 Å². The summed E-state index contributed by atoms with van der Waals surface area (Å²) in [7, 11) is 0. The molecule has 0 radical (unpaired) electrons. The summed E-state index contributed by atoms with van der Waals surface area (Å²) in [6, 6.07) is 6.01. The average molecular weight is 453 g/mol. The van der Waals surface area contributed by atoms with E-state index < -0.39 is 17.9 Å². The minimum Gasteiger partial charge on any atom is -0.507 e. The van der Waals surface area contributed by atoms with Crippen molar-refractivity contribution in [3.63, 3.8) is 0 Å². The number of carbonyl (C=O) groups is 2. The van der Waals surface area contributed by atoms with E-state index in [1.807, 2.05) is 6.92 Å². The van der Waals surface area contributed by atoms with Crippen LogP contribution in [0, 0.1) is 35.5 Å². The van der Waals surface area contributed by atoms with Gasteiger partial charge in [0.05, 0.1) is 29.0 Å². The Morgan fingerprint density at radius 2 is 1.76 bits per heavy atom. The summed E-state index contributed by atoms with van der Waals surface area (Å²) in [5.41, 5.74) is 8.20. The molecule has 170 valence electrons. The molecular weight excluding hydrogens is 428 g/mol. The lowest BCUT2D eigenvalue weighted by Crippen LogP contribution is -2.45. The molecule has 0 amide bonds. The van der Waals surface area contributed by atoms with E-state index in [1.165, 1.54) is 6.07 Å². The number of nitrogens with two attached hydrogens (primary N) is 1. The Balaban J connectivity index is 1.79. The van der Waals surface area contributed by atoms with Gasteiger partial charge in [0.15, 0.2) is 11.6 Å². The molecule has 0 spiro atoms. The van der Waals surface area contributed by atoms with Crippen LogP contribution < -0.4 is 11.1 Å². The molecule has 2 aromatic carbocycles. The number of hydrogen-bond acceptors (Lipinski definition) is 6. The molecule has 0 saturated carbocycles. The molecule has 5 atom stereocenters. The number of benzene rings is 2. The summed E-state index contributed by atoms with van der Waals surface area (Å²) in [6.45, 7) is 3.89. The predicted octanol–water partition coefficient (Wildman–Crippen LogP) is 2.71. The zero-order valence-electron chi connectivity index (χ0n) is 18.8. The van der Waals surface area contributed by atoms with E-state index >= 15 is 0 Å². The third-order valence-electron chi connectivity index (χ3n) is 6.95. The third-order valence-corrected chi connectivity index (χ3v) is 6.95. The summed E-state index contributed by atoms with van der Waals surface area (Å²) >= 11 is 0. The summed E-state index contributed by atoms with van der Waals surface area (Å²) in [4.78, 5) is 27.2. The topological polar surface area (TPSA) is 113 Å². The van der Waals surface area contributed by atoms with Crippen LogP contribution in [0.1, 0.15) is 62.7 Å². The van der Waals surface area contributed by atoms with Gasteiger partial charge < -0.3 is 21.3 Å². The van der Waals surface area contributed by atoms with Gasteiger partial charge in [-0.3, -0.25) is 9.59 Å². The van der Waals surface area contributed by atoms with Gasteiger partial charge in [-0.2, -0.15) is 0 Å². The molecule has 5 rings (SSSR count). The standard InChI is InChI=1S/C28H24N2O4/c1-14-7-5-3-4-6-8-20-23(15(2)31)22(14)19-12-21(32)24-25(26(19)30-20)27(33)17-10-9-16(13-29)11-18(17)28(24)34/h3-4,9-12,14-15,20,22-23,30-32H,13,29H2,1-2H3/b4-3-/t14-,15-,20+,22?,23?/m1/s1. The van der Waals surface area contributed by atoms with Crippen molar-refractivity contribution in [2.45, 2.75) is 38.5 Å². The molecular formula is C28H24N2O4. The van der Waals surface area contributed by atoms with E-state index in [9.17, 15) is 19.8 Å². The summed E-state index contributed by atoms with van der Waals surface area (Å²) in [6.07, 6.45) is 2.60. The molecule has 0 aromatic heterocycles. The number of phenols is 1. The Morgan fingerprint density at radius 3 is 2.47 bits per heavy atom. The van der Waals surface area contributed by atoms with Gasteiger partial charge >= 0.3 is 0 Å². The fourth-order valence-corrected chi connectivity index (χ4v) is 5.41.